The molecule has 2 aromatic carbocycles. The second-order valence-electron chi connectivity index (χ2n) is 5.17. The van der Waals surface area contributed by atoms with Gasteiger partial charge in [0.05, 0.1) is 0 Å². The van der Waals surface area contributed by atoms with Gasteiger partial charge in [-0.1, -0.05) is 42.5 Å². The molecule has 2 aromatic rings. The maximum Gasteiger partial charge on any atom is 0.125 e. The maximum absolute atomic E-state index is 6.18. The molecule has 0 aromatic heterocycles. The fourth-order valence-corrected chi connectivity index (χ4v) is 2.87. The summed E-state index contributed by atoms with van der Waals surface area (Å²) in [6.07, 6.45) is 1.07. The summed E-state index contributed by atoms with van der Waals surface area (Å²) in [6.45, 7) is 2.80. The molecule has 0 fully saturated rings. The highest BCUT2D eigenvalue weighted by molar-refractivity contribution is 5.40. The second kappa shape index (κ2) is 5.06. The van der Waals surface area contributed by atoms with Crippen molar-refractivity contribution < 1.29 is 4.74 Å². The van der Waals surface area contributed by atoms with E-state index in [1.54, 1.807) is 0 Å². The van der Waals surface area contributed by atoms with E-state index in [9.17, 15) is 0 Å². The number of para-hydroxylation sites is 1. The summed E-state index contributed by atoms with van der Waals surface area (Å²) < 4.78 is 6.18. The van der Waals surface area contributed by atoms with Gasteiger partial charge < -0.3 is 10.5 Å². The number of rotatable bonds is 2. The summed E-state index contributed by atoms with van der Waals surface area (Å²) in [5.74, 6) is 1.37. The van der Waals surface area contributed by atoms with Crippen molar-refractivity contribution in [3.8, 4) is 5.75 Å². The molecule has 0 saturated heterocycles. The average Bonchev–Trinajstić information content (AvgIpc) is 2.46. The maximum atomic E-state index is 6.18. The van der Waals surface area contributed by atoms with Crippen molar-refractivity contribution in [1.82, 2.24) is 0 Å². The van der Waals surface area contributed by atoms with E-state index in [-0.39, 0.29) is 6.10 Å². The van der Waals surface area contributed by atoms with E-state index in [0.29, 0.717) is 12.5 Å². The normalized spacial score (nSPS) is 21.6. The van der Waals surface area contributed by atoms with E-state index >= 15 is 0 Å². The largest absolute Gasteiger partial charge is 0.485 e. The van der Waals surface area contributed by atoms with Gasteiger partial charge in [-0.05, 0) is 42.6 Å². The van der Waals surface area contributed by atoms with Gasteiger partial charge in [0.15, 0.2) is 0 Å². The van der Waals surface area contributed by atoms with E-state index in [2.05, 4.69) is 43.3 Å². The van der Waals surface area contributed by atoms with E-state index < -0.39 is 0 Å². The smallest absolute Gasteiger partial charge is 0.125 e. The third kappa shape index (κ3) is 2.24. The van der Waals surface area contributed by atoms with Crippen LogP contribution in [0.1, 0.15) is 35.1 Å². The van der Waals surface area contributed by atoms with Gasteiger partial charge in [0.1, 0.15) is 11.9 Å². The van der Waals surface area contributed by atoms with Gasteiger partial charge in [0.25, 0.3) is 0 Å². The Labute approximate surface area is 114 Å². The van der Waals surface area contributed by atoms with Crippen molar-refractivity contribution in [2.45, 2.75) is 25.4 Å². The Morgan fingerprint density at radius 1 is 1.05 bits per heavy atom. The average molecular weight is 253 g/mol. The van der Waals surface area contributed by atoms with E-state index in [0.717, 1.165) is 12.2 Å². The van der Waals surface area contributed by atoms with Gasteiger partial charge in [-0.15, -0.1) is 0 Å². The highest BCUT2D eigenvalue weighted by atomic mass is 16.5. The van der Waals surface area contributed by atoms with Crippen molar-refractivity contribution in [3.05, 3.63) is 65.2 Å². The Bertz CT molecular complexity index is 579. The summed E-state index contributed by atoms with van der Waals surface area (Å²) in [7, 11) is 0. The molecule has 2 nitrogen and oxygen atoms in total. The Morgan fingerprint density at radius 3 is 2.47 bits per heavy atom. The summed E-state index contributed by atoms with van der Waals surface area (Å²) in [5, 5.41) is 0. The molecule has 2 heteroatoms. The molecule has 1 aliphatic heterocycles. The molecule has 0 aliphatic carbocycles. The first kappa shape index (κ1) is 12.2. The minimum atomic E-state index is 0.115. The molecule has 0 amide bonds. The third-order valence-electron chi connectivity index (χ3n) is 3.95. The first-order chi connectivity index (χ1) is 9.29. The van der Waals surface area contributed by atoms with E-state index in [1.165, 1.54) is 16.7 Å². The summed E-state index contributed by atoms with van der Waals surface area (Å²) in [4.78, 5) is 0. The highest BCUT2D eigenvalue weighted by Gasteiger charge is 2.28. The van der Waals surface area contributed by atoms with E-state index in [1.807, 2.05) is 12.1 Å². The van der Waals surface area contributed by atoms with Crippen LogP contribution in [0.2, 0.25) is 0 Å². The van der Waals surface area contributed by atoms with Crippen LogP contribution in [-0.2, 0) is 0 Å². The number of fused-ring (bicyclic) bond motifs is 1. The van der Waals surface area contributed by atoms with Crippen LogP contribution >= 0.6 is 0 Å². The SMILES string of the molecule is Cc1ccccc1C1CC(CN)c2ccccc2O1. The quantitative estimate of drug-likeness (QED) is 0.888. The van der Waals surface area contributed by atoms with Crippen molar-refractivity contribution in [1.29, 1.82) is 0 Å². The van der Waals surface area contributed by atoms with Crippen LogP contribution in [0.25, 0.3) is 0 Å². The van der Waals surface area contributed by atoms with Crippen LogP contribution in [0.5, 0.6) is 5.75 Å². The van der Waals surface area contributed by atoms with Crippen molar-refractivity contribution in [2.75, 3.05) is 6.54 Å². The molecule has 0 saturated carbocycles. The lowest BCUT2D eigenvalue weighted by atomic mass is 9.86. The lowest BCUT2D eigenvalue weighted by molar-refractivity contribution is 0.161. The van der Waals surface area contributed by atoms with Crippen LogP contribution in [0, 0.1) is 6.92 Å². The van der Waals surface area contributed by atoms with Gasteiger partial charge in [-0.3, -0.25) is 0 Å². The van der Waals surface area contributed by atoms with Crippen LogP contribution in [0.4, 0.5) is 0 Å². The predicted octanol–water partition coefficient (Wildman–Crippen LogP) is 3.56. The van der Waals surface area contributed by atoms with Crippen LogP contribution in [0.15, 0.2) is 48.5 Å². The molecular formula is C17H19NO. The Kier molecular flexibility index (Phi) is 3.26. The summed E-state index contributed by atoms with van der Waals surface area (Å²) >= 11 is 0. The number of ether oxygens (including phenoxy) is 1. The van der Waals surface area contributed by atoms with Crippen molar-refractivity contribution in [3.63, 3.8) is 0 Å². The summed E-state index contributed by atoms with van der Waals surface area (Å²) in [5.41, 5.74) is 9.74. The van der Waals surface area contributed by atoms with Crippen LogP contribution < -0.4 is 10.5 Å². The zero-order valence-electron chi connectivity index (χ0n) is 11.2. The molecule has 0 spiro atoms. The molecule has 3 rings (SSSR count). The molecular weight excluding hydrogens is 234 g/mol. The Morgan fingerprint density at radius 2 is 1.74 bits per heavy atom. The molecule has 1 heterocycles. The van der Waals surface area contributed by atoms with E-state index in [4.69, 9.17) is 10.5 Å². The zero-order valence-corrected chi connectivity index (χ0v) is 11.2. The standard InChI is InChI=1S/C17H19NO/c1-12-6-2-3-7-14(12)17-10-13(11-18)15-8-4-5-9-16(15)19-17/h2-9,13,17H,10-11,18H2,1H3. The van der Waals surface area contributed by atoms with Gasteiger partial charge in [-0.2, -0.15) is 0 Å². The minimum absolute atomic E-state index is 0.115. The number of nitrogens with two attached hydrogens (primary N) is 1. The monoisotopic (exact) mass is 253 g/mol. The first-order valence-electron chi connectivity index (χ1n) is 6.80. The molecule has 19 heavy (non-hydrogen) atoms. The molecule has 0 bridgehead atoms. The molecule has 98 valence electrons. The number of hydrogen-bond donors (Lipinski definition) is 1. The van der Waals surface area contributed by atoms with Crippen molar-refractivity contribution in [2.24, 2.45) is 5.73 Å². The third-order valence-corrected chi connectivity index (χ3v) is 3.95. The van der Waals surface area contributed by atoms with Gasteiger partial charge in [0.2, 0.25) is 0 Å². The lowest BCUT2D eigenvalue weighted by Gasteiger charge is -2.32. The molecule has 2 unspecified atom stereocenters. The van der Waals surface area contributed by atoms with Crippen molar-refractivity contribution >= 4 is 0 Å². The first-order valence-corrected chi connectivity index (χ1v) is 6.80. The van der Waals surface area contributed by atoms with Gasteiger partial charge in [-0.25, -0.2) is 0 Å². The fourth-order valence-electron chi connectivity index (χ4n) is 2.87. The number of benzene rings is 2. The topological polar surface area (TPSA) is 35.2 Å². The second-order valence-corrected chi connectivity index (χ2v) is 5.17. The van der Waals surface area contributed by atoms with Gasteiger partial charge >= 0.3 is 0 Å². The molecule has 1 aliphatic rings. The highest BCUT2D eigenvalue weighted by Crippen LogP contribution is 2.41. The zero-order chi connectivity index (χ0) is 13.2. The Balaban J connectivity index is 1.98. The number of aryl methyl sites for hydroxylation is 1. The lowest BCUT2D eigenvalue weighted by Crippen LogP contribution is -2.24. The van der Waals surface area contributed by atoms with Crippen LogP contribution in [0.3, 0.4) is 0 Å². The van der Waals surface area contributed by atoms with Crippen LogP contribution in [-0.4, -0.2) is 6.54 Å². The fraction of sp³-hybridized carbons (Fsp3) is 0.294. The molecule has 2 N–H and O–H groups in total. The molecule has 2 atom stereocenters. The number of hydrogen-bond acceptors (Lipinski definition) is 2. The summed E-state index contributed by atoms with van der Waals surface area (Å²) in [6, 6.07) is 16.7. The van der Waals surface area contributed by atoms with Gasteiger partial charge in [0, 0.05) is 5.92 Å². The Hall–Kier alpha value is -1.80. The molecule has 0 radical (unpaired) electrons. The minimum Gasteiger partial charge on any atom is -0.485 e. The predicted molar refractivity (Wildman–Crippen MR) is 77.4 cm³/mol.